The molecule has 0 saturated carbocycles. The summed E-state index contributed by atoms with van der Waals surface area (Å²) in [4.78, 5) is 13.0. The molecule has 1 aromatic carbocycles. The van der Waals surface area contributed by atoms with Crippen molar-refractivity contribution in [3.63, 3.8) is 0 Å². The van der Waals surface area contributed by atoms with E-state index in [0.717, 1.165) is 11.0 Å². The van der Waals surface area contributed by atoms with Crippen LogP contribution in [0.5, 0.6) is 0 Å². The van der Waals surface area contributed by atoms with Crippen LogP contribution in [-0.2, 0) is 15.7 Å². The molecule has 0 spiro atoms. The van der Waals surface area contributed by atoms with Crippen molar-refractivity contribution in [2.45, 2.75) is 25.1 Å². The van der Waals surface area contributed by atoms with Gasteiger partial charge < -0.3 is 14.7 Å². The maximum absolute atomic E-state index is 13.1. The van der Waals surface area contributed by atoms with Crippen LogP contribution in [0.4, 0.5) is 18.9 Å². The largest absolute Gasteiger partial charge is 0.418 e. The Kier molecular flexibility index (Phi) is 4.25. The van der Waals surface area contributed by atoms with Gasteiger partial charge in [-0.15, -0.1) is 0 Å². The number of carbonyl (C=O) groups excluding carboxylic acids is 1. The lowest BCUT2D eigenvalue weighted by molar-refractivity contribution is -0.140. The fourth-order valence-corrected chi connectivity index (χ4v) is 2.34. The monoisotopic (exact) mass is 303 g/mol. The molecule has 1 aliphatic rings. The topological polar surface area (TPSA) is 49.8 Å². The highest BCUT2D eigenvalue weighted by Crippen LogP contribution is 2.38. The Hall–Kier alpha value is -1.60. The molecule has 0 bridgehead atoms. The number of amides is 1. The molecule has 1 heterocycles. The van der Waals surface area contributed by atoms with Crippen molar-refractivity contribution in [2.75, 3.05) is 24.7 Å². The van der Waals surface area contributed by atoms with Crippen LogP contribution < -0.4 is 4.90 Å². The normalized spacial score (nSPS) is 23.5. The lowest BCUT2D eigenvalue weighted by atomic mass is 9.99. The number of rotatable bonds is 3. The van der Waals surface area contributed by atoms with Gasteiger partial charge in [-0.25, -0.2) is 0 Å². The summed E-state index contributed by atoms with van der Waals surface area (Å²) in [6.45, 7) is 1.17. The molecule has 1 fully saturated rings. The molecule has 1 N–H and O–H groups in total. The summed E-state index contributed by atoms with van der Waals surface area (Å²) in [5.41, 5.74) is -1.89. The van der Waals surface area contributed by atoms with Crippen molar-refractivity contribution < 1.29 is 27.8 Å². The summed E-state index contributed by atoms with van der Waals surface area (Å²) < 4.78 is 44.5. The number of morpholine rings is 1. The van der Waals surface area contributed by atoms with Crippen LogP contribution in [0.3, 0.4) is 0 Å². The van der Waals surface area contributed by atoms with Gasteiger partial charge in [-0.3, -0.25) is 4.79 Å². The average molecular weight is 303 g/mol. The van der Waals surface area contributed by atoms with Crippen molar-refractivity contribution in [3.05, 3.63) is 29.8 Å². The molecule has 116 valence electrons. The minimum atomic E-state index is -4.54. The number of anilines is 1. The Balaban J connectivity index is 2.38. The third kappa shape index (κ3) is 3.36. The van der Waals surface area contributed by atoms with Gasteiger partial charge in [0.2, 0.25) is 0 Å². The number of nitrogens with zero attached hydrogens (tertiary/aromatic N) is 1. The molecule has 1 aliphatic heterocycles. The molecule has 1 aromatic rings. The van der Waals surface area contributed by atoms with Gasteiger partial charge in [-0.2, -0.15) is 13.2 Å². The van der Waals surface area contributed by atoms with Crippen LogP contribution in [0.2, 0.25) is 0 Å². The fraction of sp³-hybridized carbons (Fsp3) is 0.500. The Morgan fingerprint density at radius 1 is 1.38 bits per heavy atom. The Morgan fingerprint density at radius 3 is 2.67 bits per heavy atom. The van der Waals surface area contributed by atoms with Gasteiger partial charge in [0.15, 0.2) is 0 Å². The summed E-state index contributed by atoms with van der Waals surface area (Å²) in [6.07, 6.45) is -4.30. The zero-order chi connectivity index (χ0) is 15.7. The molecule has 1 saturated heterocycles. The molecule has 2 rings (SSSR count). The lowest BCUT2D eigenvalue weighted by Gasteiger charge is -2.40. The van der Waals surface area contributed by atoms with Crippen molar-refractivity contribution in [2.24, 2.45) is 0 Å². The first-order chi connectivity index (χ1) is 9.77. The number of carbonyl (C=O) groups is 1. The standard InChI is InChI=1S/C14H16F3NO3/c1-13(6-7-19)9-18(12(20)8-21-13)11-5-3-2-4-10(11)14(15,16)17/h2-5,19H,6-9H2,1H3. The van der Waals surface area contributed by atoms with Gasteiger partial charge in [-0.1, -0.05) is 12.1 Å². The molecule has 1 unspecified atom stereocenters. The van der Waals surface area contributed by atoms with Crippen LogP contribution in [0.15, 0.2) is 24.3 Å². The third-order valence-corrected chi connectivity index (χ3v) is 3.48. The number of aliphatic hydroxyl groups excluding tert-OH is 1. The summed E-state index contributed by atoms with van der Waals surface area (Å²) in [5, 5.41) is 9.03. The molecule has 0 aromatic heterocycles. The van der Waals surface area contributed by atoms with Gasteiger partial charge >= 0.3 is 6.18 Å². The van der Waals surface area contributed by atoms with E-state index in [2.05, 4.69) is 0 Å². The van der Waals surface area contributed by atoms with E-state index in [1.54, 1.807) is 6.92 Å². The van der Waals surface area contributed by atoms with Crippen LogP contribution in [0.25, 0.3) is 0 Å². The average Bonchev–Trinajstić information content (AvgIpc) is 2.41. The van der Waals surface area contributed by atoms with Crippen LogP contribution in [0, 0.1) is 0 Å². The summed E-state index contributed by atoms with van der Waals surface area (Å²) in [6, 6.07) is 4.95. The van der Waals surface area contributed by atoms with Gasteiger partial charge in [0.05, 0.1) is 23.4 Å². The second-order valence-corrected chi connectivity index (χ2v) is 5.21. The minimum Gasteiger partial charge on any atom is -0.396 e. The molecule has 4 nitrogen and oxygen atoms in total. The lowest BCUT2D eigenvalue weighted by Crippen LogP contribution is -2.54. The van der Waals surface area contributed by atoms with Crippen molar-refractivity contribution in [1.29, 1.82) is 0 Å². The summed E-state index contributed by atoms with van der Waals surface area (Å²) >= 11 is 0. The van der Waals surface area contributed by atoms with Crippen LogP contribution in [-0.4, -0.2) is 36.4 Å². The highest BCUT2D eigenvalue weighted by atomic mass is 19.4. The van der Waals surface area contributed by atoms with E-state index in [1.807, 2.05) is 0 Å². The van der Waals surface area contributed by atoms with E-state index >= 15 is 0 Å². The van der Waals surface area contributed by atoms with Crippen molar-refractivity contribution in [3.8, 4) is 0 Å². The molecular formula is C14H16F3NO3. The van der Waals surface area contributed by atoms with Crippen molar-refractivity contribution in [1.82, 2.24) is 0 Å². The maximum Gasteiger partial charge on any atom is 0.418 e. The van der Waals surface area contributed by atoms with E-state index in [-0.39, 0.29) is 31.9 Å². The van der Waals surface area contributed by atoms with Gasteiger partial charge in [0.25, 0.3) is 5.91 Å². The van der Waals surface area contributed by atoms with E-state index in [1.165, 1.54) is 18.2 Å². The Labute approximate surface area is 120 Å². The number of alkyl halides is 3. The maximum atomic E-state index is 13.1. The number of benzene rings is 1. The van der Waals surface area contributed by atoms with Gasteiger partial charge in [0, 0.05) is 13.0 Å². The van der Waals surface area contributed by atoms with Gasteiger partial charge in [-0.05, 0) is 19.1 Å². The number of aliphatic hydroxyl groups is 1. The zero-order valence-electron chi connectivity index (χ0n) is 11.5. The predicted octanol–water partition coefficient (Wildman–Crippen LogP) is 2.21. The number of ether oxygens (including phenoxy) is 1. The summed E-state index contributed by atoms with van der Waals surface area (Å²) in [7, 11) is 0. The number of hydrogen-bond acceptors (Lipinski definition) is 3. The quantitative estimate of drug-likeness (QED) is 0.931. The molecule has 7 heteroatoms. The molecule has 0 radical (unpaired) electrons. The highest BCUT2D eigenvalue weighted by molar-refractivity contribution is 5.96. The van der Waals surface area contributed by atoms with Crippen LogP contribution in [0.1, 0.15) is 18.9 Å². The smallest absolute Gasteiger partial charge is 0.396 e. The Bertz CT molecular complexity index is 532. The van der Waals surface area contributed by atoms with Crippen molar-refractivity contribution >= 4 is 11.6 Å². The fourth-order valence-electron chi connectivity index (χ4n) is 2.34. The first-order valence-electron chi connectivity index (χ1n) is 6.48. The minimum absolute atomic E-state index is 0.0283. The number of halogens is 3. The number of para-hydroxylation sites is 1. The molecule has 0 aliphatic carbocycles. The van der Waals surface area contributed by atoms with E-state index < -0.39 is 23.2 Å². The molecular weight excluding hydrogens is 287 g/mol. The zero-order valence-corrected chi connectivity index (χ0v) is 11.5. The van der Waals surface area contributed by atoms with E-state index in [4.69, 9.17) is 9.84 Å². The molecule has 1 amide bonds. The van der Waals surface area contributed by atoms with E-state index in [0.29, 0.717) is 0 Å². The predicted molar refractivity (Wildman–Crippen MR) is 69.9 cm³/mol. The van der Waals surface area contributed by atoms with Gasteiger partial charge in [0.1, 0.15) is 6.61 Å². The molecule has 1 atom stereocenters. The van der Waals surface area contributed by atoms with Crippen LogP contribution >= 0.6 is 0 Å². The Morgan fingerprint density at radius 2 is 2.05 bits per heavy atom. The van der Waals surface area contributed by atoms with E-state index in [9.17, 15) is 18.0 Å². The molecule has 21 heavy (non-hydrogen) atoms. The third-order valence-electron chi connectivity index (χ3n) is 3.48. The second-order valence-electron chi connectivity index (χ2n) is 5.21. The number of hydrogen-bond donors (Lipinski definition) is 1. The first-order valence-corrected chi connectivity index (χ1v) is 6.48. The SMILES string of the molecule is CC1(CCO)CN(c2ccccc2C(F)(F)F)C(=O)CO1. The highest BCUT2D eigenvalue weighted by Gasteiger charge is 2.40. The second kappa shape index (κ2) is 5.65. The summed E-state index contributed by atoms with van der Waals surface area (Å²) in [5.74, 6) is -0.526. The first kappa shape index (κ1) is 15.8.